The standard InChI is InChI=1S/C24H32N4O/c1-15-6-5-7-23(26-15)27-24-16(2)17(3)28(18(4)29)22-9-8-20(14-21(22)24)19-10-12-25-13-11-19/h5-9,14,16-17,19,24-25H,10-13H2,1-4H3,(H,26,27)/t16-,17-,24?/m0/s1. The molecule has 3 atom stereocenters. The van der Waals surface area contributed by atoms with Gasteiger partial charge in [-0.05, 0) is 75.0 Å². The molecule has 154 valence electrons. The van der Waals surface area contributed by atoms with Crippen LogP contribution in [0.5, 0.6) is 0 Å². The van der Waals surface area contributed by atoms with Gasteiger partial charge in [0.05, 0.1) is 6.04 Å². The molecule has 1 aromatic heterocycles. The Labute approximate surface area is 173 Å². The predicted octanol–water partition coefficient (Wildman–Crippen LogP) is 4.40. The van der Waals surface area contributed by atoms with Crippen LogP contribution in [0.1, 0.15) is 62.4 Å². The van der Waals surface area contributed by atoms with Crippen LogP contribution in [0.4, 0.5) is 11.5 Å². The molecule has 1 aromatic carbocycles. The number of hydrogen-bond donors (Lipinski definition) is 2. The van der Waals surface area contributed by atoms with Crippen LogP contribution in [0.2, 0.25) is 0 Å². The van der Waals surface area contributed by atoms with Crippen LogP contribution in [0, 0.1) is 12.8 Å². The minimum Gasteiger partial charge on any atom is -0.363 e. The number of pyridine rings is 1. The summed E-state index contributed by atoms with van der Waals surface area (Å²) in [4.78, 5) is 19.1. The molecule has 0 bridgehead atoms. The maximum Gasteiger partial charge on any atom is 0.224 e. The van der Waals surface area contributed by atoms with Crippen molar-refractivity contribution in [3.05, 3.63) is 53.2 Å². The Bertz CT molecular complexity index is 890. The van der Waals surface area contributed by atoms with Crippen LogP contribution in [0.25, 0.3) is 0 Å². The number of hydrogen-bond acceptors (Lipinski definition) is 4. The van der Waals surface area contributed by atoms with Crippen molar-refractivity contribution in [1.29, 1.82) is 0 Å². The fraction of sp³-hybridized carbons (Fsp3) is 0.500. The van der Waals surface area contributed by atoms with Crippen molar-refractivity contribution in [2.45, 2.75) is 58.5 Å². The Balaban J connectivity index is 1.76. The van der Waals surface area contributed by atoms with Gasteiger partial charge in [-0.3, -0.25) is 4.79 Å². The molecule has 0 spiro atoms. The molecule has 5 nitrogen and oxygen atoms in total. The van der Waals surface area contributed by atoms with Gasteiger partial charge < -0.3 is 15.5 Å². The Morgan fingerprint density at radius 3 is 2.62 bits per heavy atom. The number of anilines is 2. The Morgan fingerprint density at radius 2 is 1.93 bits per heavy atom. The number of benzene rings is 1. The summed E-state index contributed by atoms with van der Waals surface area (Å²) in [6.45, 7) is 10.2. The predicted molar refractivity (Wildman–Crippen MR) is 118 cm³/mol. The lowest BCUT2D eigenvalue weighted by atomic mass is 9.80. The molecule has 0 radical (unpaired) electrons. The zero-order valence-corrected chi connectivity index (χ0v) is 17.9. The molecule has 1 unspecified atom stereocenters. The summed E-state index contributed by atoms with van der Waals surface area (Å²) in [5, 5.41) is 7.14. The second kappa shape index (κ2) is 8.15. The minimum atomic E-state index is 0.104. The van der Waals surface area contributed by atoms with Gasteiger partial charge in [-0.15, -0.1) is 0 Å². The molecule has 3 heterocycles. The Morgan fingerprint density at radius 1 is 1.17 bits per heavy atom. The summed E-state index contributed by atoms with van der Waals surface area (Å²) in [5.41, 5.74) is 4.64. The number of nitrogens with zero attached hydrogens (tertiary/aromatic N) is 2. The molecule has 1 saturated heterocycles. The van der Waals surface area contributed by atoms with Crippen molar-refractivity contribution in [2.24, 2.45) is 5.92 Å². The van der Waals surface area contributed by atoms with Gasteiger partial charge >= 0.3 is 0 Å². The van der Waals surface area contributed by atoms with Crippen LogP contribution in [0.3, 0.4) is 0 Å². The first-order valence-corrected chi connectivity index (χ1v) is 10.8. The molecule has 1 fully saturated rings. The first-order valence-electron chi connectivity index (χ1n) is 10.8. The second-order valence-corrected chi connectivity index (χ2v) is 8.62. The number of piperidine rings is 1. The van der Waals surface area contributed by atoms with Crippen LogP contribution < -0.4 is 15.5 Å². The third-order valence-electron chi connectivity index (χ3n) is 6.68. The summed E-state index contributed by atoms with van der Waals surface area (Å²) in [5.74, 6) is 1.84. The van der Waals surface area contributed by atoms with E-state index in [0.29, 0.717) is 5.92 Å². The number of rotatable bonds is 3. The number of fused-ring (bicyclic) bond motifs is 1. The van der Waals surface area contributed by atoms with Crippen molar-refractivity contribution in [3.8, 4) is 0 Å². The largest absolute Gasteiger partial charge is 0.363 e. The lowest BCUT2D eigenvalue weighted by molar-refractivity contribution is -0.117. The lowest BCUT2D eigenvalue weighted by Gasteiger charge is -2.44. The smallest absolute Gasteiger partial charge is 0.224 e. The maximum atomic E-state index is 12.5. The van der Waals surface area contributed by atoms with E-state index in [1.807, 2.05) is 30.0 Å². The van der Waals surface area contributed by atoms with Gasteiger partial charge in [-0.2, -0.15) is 0 Å². The monoisotopic (exact) mass is 392 g/mol. The van der Waals surface area contributed by atoms with E-state index in [0.717, 1.165) is 30.3 Å². The number of carbonyl (C=O) groups is 1. The molecule has 2 aliphatic heterocycles. The van der Waals surface area contributed by atoms with E-state index in [4.69, 9.17) is 0 Å². The average Bonchev–Trinajstić information content (AvgIpc) is 2.72. The quantitative estimate of drug-likeness (QED) is 0.813. The number of aryl methyl sites for hydroxylation is 1. The highest BCUT2D eigenvalue weighted by Gasteiger charge is 2.38. The first-order chi connectivity index (χ1) is 14.0. The maximum absolute atomic E-state index is 12.5. The van der Waals surface area contributed by atoms with Crippen molar-refractivity contribution in [2.75, 3.05) is 23.3 Å². The Kier molecular flexibility index (Phi) is 5.59. The molecule has 0 aliphatic carbocycles. The molecule has 1 amide bonds. The van der Waals surface area contributed by atoms with E-state index in [1.165, 1.54) is 24.0 Å². The van der Waals surface area contributed by atoms with E-state index >= 15 is 0 Å². The zero-order valence-electron chi connectivity index (χ0n) is 17.9. The summed E-state index contributed by atoms with van der Waals surface area (Å²) in [6.07, 6.45) is 2.33. The van der Waals surface area contributed by atoms with Crippen molar-refractivity contribution in [1.82, 2.24) is 10.3 Å². The SMILES string of the molecule is CC(=O)N1c2ccc(C3CCNCC3)cc2C(Nc2cccc(C)n2)[C@@H](C)[C@@H]1C. The second-order valence-electron chi connectivity index (χ2n) is 8.62. The van der Waals surface area contributed by atoms with Crippen LogP contribution in [0.15, 0.2) is 36.4 Å². The van der Waals surface area contributed by atoms with Gasteiger partial charge in [-0.1, -0.05) is 25.1 Å². The molecule has 4 rings (SSSR count). The normalized spacial score (nSPS) is 24.8. The third-order valence-corrected chi connectivity index (χ3v) is 6.68. The van der Waals surface area contributed by atoms with E-state index in [-0.39, 0.29) is 23.9 Å². The molecule has 29 heavy (non-hydrogen) atoms. The van der Waals surface area contributed by atoms with Gasteiger partial charge in [0.1, 0.15) is 5.82 Å². The molecule has 2 N–H and O–H groups in total. The summed E-state index contributed by atoms with van der Waals surface area (Å²) < 4.78 is 0. The third kappa shape index (κ3) is 3.88. The van der Waals surface area contributed by atoms with Crippen LogP contribution in [-0.2, 0) is 4.79 Å². The summed E-state index contributed by atoms with van der Waals surface area (Å²) >= 11 is 0. The number of nitrogens with one attached hydrogen (secondary N) is 2. The fourth-order valence-corrected chi connectivity index (χ4v) is 4.92. The van der Waals surface area contributed by atoms with E-state index < -0.39 is 0 Å². The van der Waals surface area contributed by atoms with E-state index in [2.05, 4.69) is 47.7 Å². The van der Waals surface area contributed by atoms with Gasteiger partial charge in [0.15, 0.2) is 0 Å². The van der Waals surface area contributed by atoms with Crippen LogP contribution >= 0.6 is 0 Å². The van der Waals surface area contributed by atoms with Crippen molar-refractivity contribution in [3.63, 3.8) is 0 Å². The highest BCUT2D eigenvalue weighted by Crippen LogP contribution is 2.44. The number of carbonyl (C=O) groups excluding carboxylic acids is 1. The molecular weight excluding hydrogens is 360 g/mol. The van der Waals surface area contributed by atoms with Crippen molar-refractivity contribution >= 4 is 17.4 Å². The van der Waals surface area contributed by atoms with E-state index in [1.54, 1.807) is 6.92 Å². The van der Waals surface area contributed by atoms with Gasteiger partial charge in [-0.25, -0.2) is 4.98 Å². The number of aromatic nitrogens is 1. The summed E-state index contributed by atoms with van der Waals surface area (Å²) in [7, 11) is 0. The number of amides is 1. The molecule has 5 heteroatoms. The highest BCUT2D eigenvalue weighted by molar-refractivity contribution is 5.94. The average molecular weight is 393 g/mol. The summed E-state index contributed by atoms with van der Waals surface area (Å²) in [6, 6.07) is 13.0. The highest BCUT2D eigenvalue weighted by atomic mass is 16.2. The van der Waals surface area contributed by atoms with Crippen LogP contribution in [-0.4, -0.2) is 30.0 Å². The molecule has 0 saturated carbocycles. The van der Waals surface area contributed by atoms with Gasteiger partial charge in [0.2, 0.25) is 5.91 Å². The lowest BCUT2D eigenvalue weighted by Crippen LogP contribution is -2.48. The molecule has 2 aliphatic rings. The zero-order chi connectivity index (χ0) is 20.5. The fourth-order valence-electron chi connectivity index (χ4n) is 4.92. The molecular formula is C24H32N4O. The Hall–Kier alpha value is -2.40. The minimum absolute atomic E-state index is 0.104. The van der Waals surface area contributed by atoms with Gasteiger partial charge in [0, 0.05) is 30.3 Å². The topological polar surface area (TPSA) is 57.3 Å². The first kappa shape index (κ1) is 19.9. The van der Waals surface area contributed by atoms with E-state index in [9.17, 15) is 4.79 Å². The van der Waals surface area contributed by atoms with Crippen molar-refractivity contribution < 1.29 is 4.79 Å². The van der Waals surface area contributed by atoms with Gasteiger partial charge in [0.25, 0.3) is 0 Å². The molecule has 2 aromatic rings.